The van der Waals surface area contributed by atoms with Gasteiger partial charge in [-0.05, 0) is 44.2 Å². The van der Waals surface area contributed by atoms with Gasteiger partial charge >= 0.3 is 0 Å². The molecule has 1 aromatic carbocycles. The molecule has 2 aromatic heterocycles. The highest BCUT2D eigenvalue weighted by Gasteiger charge is 2.18. The molecule has 128 valence electrons. The van der Waals surface area contributed by atoms with E-state index in [1.54, 1.807) is 22.8 Å². The van der Waals surface area contributed by atoms with E-state index in [2.05, 4.69) is 22.0 Å². The number of rotatable bonds is 4. The summed E-state index contributed by atoms with van der Waals surface area (Å²) in [5.41, 5.74) is 2.90. The summed E-state index contributed by atoms with van der Waals surface area (Å²) in [7, 11) is 2.14. The van der Waals surface area contributed by atoms with E-state index in [-0.39, 0.29) is 6.10 Å². The molecule has 0 amide bonds. The number of benzene rings is 1. The number of likely N-dealkylation sites (tertiary alicyclic amines) is 1. The molecule has 1 aliphatic rings. The minimum absolute atomic E-state index is 0.258. The molecule has 0 bridgehead atoms. The van der Waals surface area contributed by atoms with Crippen molar-refractivity contribution in [2.45, 2.75) is 18.9 Å². The van der Waals surface area contributed by atoms with Crippen molar-refractivity contribution < 1.29 is 9.53 Å². The normalized spacial score (nSPS) is 16.2. The highest BCUT2D eigenvalue weighted by atomic mass is 16.5. The van der Waals surface area contributed by atoms with E-state index in [9.17, 15) is 4.79 Å². The Kier molecular flexibility index (Phi) is 4.19. The zero-order valence-corrected chi connectivity index (χ0v) is 14.1. The second kappa shape index (κ2) is 6.64. The van der Waals surface area contributed by atoms with Crippen LogP contribution in [0.15, 0.2) is 42.6 Å². The third kappa shape index (κ3) is 3.25. The number of hydrogen-bond acceptors (Lipinski definition) is 5. The molecule has 1 aliphatic heterocycles. The highest BCUT2D eigenvalue weighted by Crippen LogP contribution is 2.26. The topological polar surface area (TPSA) is 59.7 Å². The second-order valence-corrected chi connectivity index (χ2v) is 6.44. The third-order valence-electron chi connectivity index (χ3n) is 4.60. The molecule has 3 aromatic rings. The van der Waals surface area contributed by atoms with Gasteiger partial charge < -0.3 is 9.64 Å². The van der Waals surface area contributed by atoms with Crippen LogP contribution in [0.5, 0.6) is 5.75 Å². The van der Waals surface area contributed by atoms with Crippen LogP contribution >= 0.6 is 0 Å². The van der Waals surface area contributed by atoms with Crippen LogP contribution < -0.4 is 4.74 Å². The number of ether oxygens (including phenoxy) is 1. The summed E-state index contributed by atoms with van der Waals surface area (Å²) in [5.74, 6) is 0.855. The number of hydrogen-bond donors (Lipinski definition) is 0. The van der Waals surface area contributed by atoms with Crippen LogP contribution in [0.25, 0.3) is 16.9 Å². The van der Waals surface area contributed by atoms with Gasteiger partial charge in [0.05, 0.1) is 11.9 Å². The summed E-state index contributed by atoms with van der Waals surface area (Å²) in [4.78, 5) is 17.7. The minimum Gasteiger partial charge on any atom is -0.490 e. The number of aldehydes is 1. The summed E-state index contributed by atoms with van der Waals surface area (Å²) in [6.07, 6.45) is 4.85. The first kappa shape index (κ1) is 15.8. The highest BCUT2D eigenvalue weighted by molar-refractivity contribution is 5.73. The lowest BCUT2D eigenvalue weighted by Crippen LogP contribution is -2.35. The van der Waals surface area contributed by atoms with Gasteiger partial charge in [0.15, 0.2) is 11.9 Å². The van der Waals surface area contributed by atoms with E-state index in [1.807, 2.05) is 24.3 Å². The molecule has 1 saturated heterocycles. The molecule has 0 radical (unpaired) electrons. The van der Waals surface area contributed by atoms with Crippen LogP contribution in [-0.2, 0) is 0 Å². The molecule has 0 saturated carbocycles. The lowest BCUT2D eigenvalue weighted by Gasteiger charge is -2.29. The number of imidazole rings is 1. The Balaban J connectivity index is 1.62. The number of fused-ring (bicyclic) bond motifs is 1. The summed E-state index contributed by atoms with van der Waals surface area (Å²) in [6.45, 7) is 2.13. The first-order chi connectivity index (χ1) is 12.2. The standard InChI is InChI=1S/C19H20N4O2/c1-22-9-7-16(8-10-22)25-17-4-2-3-14(11-17)18-12-20-19-6-5-15(13-24)21-23(18)19/h2-6,11-13,16H,7-10H2,1H3. The molecule has 0 N–H and O–H groups in total. The van der Waals surface area contributed by atoms with Gasteiger partial charge in [-0.3, -0.25) is 4.79 Å². The number of carbonyl (C=O) groups is 1. The van der Waals surface area contributed by atoms with Crippen LogP contribution in [0.3, 0.4) is 0 Å². The Morgan fingerprint density at radius 1 is 1.20 bits per heavy atom. The quantitative estimate of drug-likeness (QED) is 0.686. The maximum atomic E-state index is 11.0. The van der Waals surface area contributed by atoms with Crippen molar-refractivity contribution in [3.05, 3.63) is 48.3 Å². The molecule has 1 fully saturated rings. The average Bonchev–Trinajstić information content (AvgIpc) is 3.07. The fraction of sp³-hybridized carbons (Fsp3) is 0.316. The fourth-order valence-electron chi connectivity index (χ4n) is 3.17. The van der Waals surface area contributed by atoms with Crippen molar-refractivity contribution in [3.8, 4) is 17.0 Å². The van der Waals surface area contributed by atoms with Crippen LogP contribution in [0, 0.1) is 0 Å². The van der Waals surface area contributed by atoms with Crippen molar-refractivity contribution in [3.63, 3.8) is 0 Å². The monoisotopic (exact) mass is 336 g/mol. The molecule has 0 aliphatic carbocycles. The van der Waals surface area contributed by atoms with Crippen molar-refractivity contribution in [1.29, 1.82) is 0 Å². The Labute approximate surface area is 146 Å². The van der Waals surface area contributed by atoms with Gasteiger partial charge in [-0.1, -0.05) is 12.1 Å². The van der Waals surface area contributed by atoms with Gasteiger partial charge in [-0.2, -0.15) is 5.10 Å². The second-order valence-electron chi connectivity index (χ2n) is 6.44. The predicted octanol–water partition coefficient (Wildman–Crippen LogP) is 2.68. The molecular weight excluding hydrogens is 316 g/mol. The Hall–Kier alpha value is -2.73. The van der Waals surface area contributed by atoms with Crippen molar-refractivity contribution >= 4 is 11.9 Å². The molecule has 0 spiro atoms. The first-order valence-corrected chi connectivity index (χ1v) is 8.48. The Morgan fingerprint density at radius 3 is 2.84 bits per heavy atom. The van der Waals surface area contributed by atoms with E-state index in [0.29, 0.717) is 11.3 Å². The van der Waals surface area contributed by atoms with E-state index < -0.39 is 0 Å². The van der Waals surface area contributed by atoms with Crippen LogP contribution in [0.2, 0.25) is 0 Å². The SMILES string of the molecule is CN1CCC(Oc2cccc(-c3cnc4ccc(C=O)nn34)c2)CC1. The van der Waals surface area contributed by atoms with Crippen molar-refractivity contribution in [2.75, 3.05) is 20.1 Å². The van der Waals surface area contributed by atoms with E-state index >= 15 is 0 Å². The molecule has 4 rings (SSSR count). The van der Waals surface area contributed by atoms with Gasteiger partial charge in [0.1, 0.15) is 17.5 Å². The number of nitrogens with zero attached hydrogens (tertiary/aromatic N) is 4. The smallest absolute Gasteiger partial charge is 0.170 e. The fourth-order valence-corrected chi connectivity index (χ4v) is 3.17. The number of carbonyl (C=O) groups excluding carboxylic acids is 1. The zero-order chi connectivity index (χ0) is 17.2. The molecular formula is C19H20N4O2. The van der Waals surface area contributed by atoms with Crippen LogP contribution in [-0.4, -0.2) is 52.0 Å². The zero-order valence-electron chi connectivity index (χ0n) is 14.1. The first-order valence-electron chi connectivity index (χ1n) is 8.48. The molecule has 0 atom stereocenters. The number of piperidine rings is 1. The van der Waals surface area contributed by atoms with Gasteiger partial charge in [-0.15, -0.1) is 0 Å². The van der Waals surface area contributed by atoms with E-state index in [1.165, 1.54) is 0 Å². The Morgan fingerprint density at radius 2 is 2.04 bits per heavy atom. The predicted molar refractivity (Wildman–Crippen MR) is 95.0 cm³/mol. The maximum absolute atomic E-state index is 11.0. The number of aromatic nitrogens is 3. The molecule has 6 heteroatoms. The van der Waals surface area contributed by atoms with E-state index in [0.717, 1.165) is 49.2 Å². The lowest BCUT2D eigenvalue weighted by atomic mass is 10.1. The third-order valence-corrected chi connectivity index (χ3v) is 4.60. The Bertz CT molecular complexity index is 897. The van der Waals surface area contributed by atoms with Gasteiger partial charge in [-0.25, -0.2) is 9.50 Å². The lowest BCUT2D eigenvalue weighted by molar-refractivity contribution is 0.111. The summed E-state index contributed by atoms with van der Waals surface area (Å²) in [5, 5.41) is 4.32. The van der Waals surface area contributed by atoms with Gasteiger partial charge in [0.2, 0.25) is 0 Å². The molecule has 0 unspecified atom stereocenters. The van der Waals surface area contributed by atoms with Crippen molar-refractivity contribution in [1.82, 2.24) is 19.5 Å². The largest absolute Gasteiger partial charge is 0.490 e. The van der Waals surface area contributed by atoms with Crippen LogP contribution in [0.4, 0.5) is 0 Å². The van der Waals surface area contributed by atoms with E-state index in [4.69, 9.17) is 4.74 Å². The molecule has 6 nitrogen and oxygen atoms in total. The summed E-state index contributed by atoms with van der Waals surface area (Å²) >= 11 is 0. The van der Waals surface area contributed by atoms with Crippen molar-refractivity contribution in [2.24, 2.45) is 0 Å². The average molecular weight is 336 g/mol. The van der Waals surface area contributed by atoms with Crippen LogP contribution in [0.1, 0.15) is 23.3 Å². The summed E-state index contributed by atoms with van der Waals surface area (Å²) < 4.78 is 7.86. The minimum atomic E-state index is 0.258. The van der Waals surface area contributed by atoms with Gasteiger partial charge in [0, 0.05) is 18.7 Å². The molecule has 25 heavy (non-hydrogen) atoms. The molecule has 3 heterocycles. The van der Waals surface area contributed by atoms with Gasteiger partial charge in [0.25, 0.3) is 0 Å². The maximum Gasteiger partial charge on any atom is 0.170 e. The summed E-state index contributed by atoms with van der Waals surface area (Å²) in [6, 6.07) is 11.4.